The normalized spacial score (nSPS) is 13.3. The van der Waals surface area contributed by atoms with Gasteiger partial charge in [-0.3, -0.25) is 9.59 Å². The van der Waals surface area contributed by atoms with Gasteiger partial charge in [-0.05, 0) is 61.2 Å². The highest BCUT2D eigenvalue weighted by atomic mass is 16.5. The van der Waals surface area contributed by atoms with E-state index in [0.717, 1.165) is 30.1 Å². The van der Waals surface area contributed by atoms with Gasteiger partial charge in [0.25, 0.3) is 0 Å². The molecule has 1 heterocycles. The highest BCUT2D eigenvalue weighted by molar-refractivity contribution is 6.39. The van der Waals surface area contributed by atoms with Crippen LogP contribution < -0.4 is 20.3 Å². The van der Waals surface area contributed by atoms with Crippen molar-refractivity contribution in [2.24, 2.45) is 0 Å². The summed E-state index contributed by atoms with van der Waals surface area (Å²) in [6.07, 6.45) is 3.06. The van der Waals surface area contributed by atoms with E-state index >= 15 is 0 Å². The summed E-state index contributed by atoms with van der Waals surface area (Å²) >= 11 is 0. The molecule has 2 aromatic carbocycles. The van der Waals surface area contributed by atoms with E-state index in [1.165, 1.54) is 12.8 Å². The number of amides is 2. The zero-order valence-corrected chi connectivity index (χ0v) is 15.5. The first kappa shape index (κ1) is 18.8. The zero-order chi connectivity index (χ0) is 19.1. The molecule has 27 heavy (non-hydrogen) atoms. The second-order valence-electron chi connectivity index (χ2n) is 6.55. The lowest BCUT2D eigenvalue weighted by molar-refractivity contribution is -0.136. The van der Waals surface area contributed by atoms with Gasteiger partial charge in [-0.15, -0.1) is 0 Å². The number of carbonyl (C=O) groups is 2. The van der Waals surface area contributed by atoms with Crippen molar-refractivity contribution in [2.75, 3.05) is 37.0 Å². The molecule has 0 aliphatic carbocycles. The summed E-state index contributed by atoms with van der Waals surface area (Å²) in [5.74, 6) is -0.523. The van der Waals surface area contributed by atoms with Crippen molar-refractivity contribution >= 4 is 23.2 Å². The van der Waals surface area contributed by atoms with Crippen LogP contribution in [-0.4, -0.2) is 38.6 Å². The molecule has 2 amide bonds. The molecule has 0 unspecified atom stereocenters. The van der Waals surface area contributed by atoms with Crippen molar-refractivity contribution in [2.45, 2.75) is 19.3 Å². The van der Waals surface area contributed by atoms with Crippen molar-refractivity contribution < 1.29 is 14.3 Å². The predicted molar refractivity (Wildman–Crippen MR) is 106 cm³/mol. The summed E-state index contributed by atoms with van der Waals surface area (Å²) in [5.41, 5.74) is 2.80. The summed E-state index contributed by atoms with van der Waals surface area (Å²) in [6, 6.07) is 15.2. The molecule has 0 saturated carbocycles. The van der Waals surface area contributed by atoms with Crippen LogP contribution in [0, 0.1) is 0 Å². The van der Waals surface area contributed by atoms with Crippen molar-refractivity contribution in [1.29, 1.82) is 0 Å². The van der Waals surface area contributed by atoms with Gasteiger partial charge < -0.3 is 20.3 Å². The number of carbonyl (C=O) groups excluding carboxylic acids is 2. The lowest BCUT2D eigenvalue weighted by Gasteiger charge is -2.17. The number of hydrogen-bond donors (Lipinski definition) is 2. The lowest BCUT2D eigenvalue weighted by atomic mass is 10.1. The summed E-state index contributed by atoms with van der Waals surface area (Å²) in [6.45, 7) is 2.52. The van der Waals surface area contributed by atoms with E-state index in [1.54, 1.807) is 7.11 Å². The van der Waals surface area contributed by atoms with Crippen LogP contribution in [0.4, 0.5) is 11.4 Å². The van der Waals surface area contributed by atoms with E-state index < -0.39 is 11.8 Å². The molecule has 6 nitrogen and oxygen atoms in total. The number of nitrogens with zero attached hydrogens (tertiary/aromatic N) is 1. The fourth-order valence-electron chi connectivity index (χ4n) is 3.15. The molecular weight excluding hydrogens is 342 g/mol. The third kappa shape index (κ3) is 5.23. The van der Waals surface area contributed by atoms with E-state index in [4.69, 9.17) is 4.74 Å². The third-order valence-electron chi connectivity index (χ3n) is 4.64. The molecule has 1 saturated heterocycles. The second-order valence-corrected chi connectivity index (χ2v) is 6.55. The van der Waals surface area contributed by atoms with E-state index in [-0.39, 0.29) is 0 Å². The van der Waals surface area contributed by atoms with Crippen molar-refractivity contribution in [3.05, 3.63) is 54.1 Å². The number of benzene rings is 2. The predicted octanol–water partition coefficient (Wildman–Crippen LogP) is 2.59. The van der Waals surface area contributed by atoms with Gasteiger partial charge in [0.2, 0.25) is 0 Å². The fraction of sp³-hybridized carbons (Fsp3) is 0.333. The average Bonchev–Trinajstić information content (AvgIpc) is 3.23. The summed E-state index contributed by atoms with van der Waals surface area (Å²) in [4.78, 5) is 26.3. The minimum atomic E-state index is -0.658. The van der Waals surface area contributed by atoms with E-state index in [9.17, 15) is 9.59 Å². The summed E-state index contributed by atoms with van der Waals surface area (Å²) < 4.78 is 5.17. The Balaban J connectivity index is 1.45. The van der Waals surface area contributed by atoms with Crippen LogP contribution in [0.1, 0.15) is 18.4 Å². The van der Waals surface area contributed by atoms with E-state index in [2.05, 4.69) is 15.5 Å². The Labute approximate surface area is 159 Å². The second kappa shape index (κ2) is 9.07. The summed E-state index contributed by atoms with van der Waals surface area (Å²) in [7, 11) is 1.61. The highest BCUT2D eigenvalue weighted by Gasteiger charge is 2.15. The Kier molecular flexibility index (Phi) is 6.30. The maximum atomic E-state index is 12.0. The molecule has 6 heteroatoms. The van der Waals surface area contributed by atoms with Crippen LogP contribution in [0.25, 0.3) is 0 Å². The molecule has 1 aliphatic heterocycles. The first-order valence-corrected chi connectivity index (χ1v) is 9.23. The smallest absolute Gasteiger partial charge is 0.313 e. The molecule has 0 bridgehead atoms. The lowest BCUT2D eigenvalue weighted by Crippen LogP contribution is -2.36. The van der Waals surface area contributed by atoms with Gasteiger partial charge >= 0.3 is 11.8 Å². The van der Waals surface area contributed by atoms with Gasteiger partial charge in [0.15, 0.2) is 0 Å². The van der Waals surface area contributed by atoms with Crippen LogP contribution in [0.2, 0.25) is 0 Å². The Morgan fingerprint density at radius 3 is 2.48 bits per heavy atom. The largest absolute Gasteiger partial charge is 0.497 e. The van der Waals surface area contributed by atoms with Gasteiger partial charge in [0.1, 0.15) is 5.75 Å². The molecule has 142 valence electrons. The first-order valence-electron chi connectivity index (χ1n) is 9.23. The Morgan fingerprint density at radius 2 is 1.78 bits per heavy atom. The standard InChI is InChI=1S/C21H25N3O3/c1-27-19-6-4-5-16(15-19)11-12-22-20(25)21(26)23-17-7-9-18(10-8-17)24-13-2-3-14-24/h4-10,15H,2-3,11-14H2,1H3,(H,22,25)(H,23,26). The Bertz CT molecular complexity index is 784. The van der Waals surface area contributed by atoms with Crippen molar-refractivity contribution in [3.63, 3.8) is 0 Å². The maximum absolute atomic E-state index is 12.0. The Morgan fingerprint density at radius 1 is 1.04 bits per heavy atom. The number of anilines is 2. The van der Waals surface area contributed by atoms with Gasteiger partial charge in [-0.1, -0.05) is 12.1 Å². The zero-order valence-electron chi connectivity index (χ0n) is 15.5. The van der Waals surface area contributed by atoms with Crippen molar-refractivity contribution in [3.8, 4) is 5.75 Å². The summed E-state index contributed by atoms with van der Waals surface area (Å²) in [5, 5.41) is 5.28. The molecule has 1 fully saturated rings. The fourth-order valence-corrected chi connectivity index (χ4v) is 3.15. The van der Waals surface area contributed by atoms with Crippen LogP contribution in [0.15, 0.2) is 48.5 Å². The molecule has 2 N–H and O–H groups in total. The van der Waals surface area contributed by atoms with Gasteiger partial charge in [-0.25, -0.2) is 0 Å². The molecule has 3 rings (SSSR count). The van der Waals surface area contributed by atoms with Crippen LogP contribution in [0.3, 0.4) is 0 Å². The topological polar surface area (TPSA) is 70.7 Å². The molecule has 0 atom stereocenters. The van der Waals surface area contributed by atoms with Crippen LogP contribution >= 0.6 is 0 Å². The minimum absolute atomic E-state index is 0.382. The van der Waals surface area contributed by atoms with Crippen LogP contribution in [-0.2, 0) is 16.0 Å². The van der Waals surface area contributed by atoms with Crippen molar-refractivity contribution in [1.82, 2.24) is 5.32 Å². The molecular formula is C21H25N3O3. The molecule has 0 aromatic heterocycles. The highest BCUT2D eigenvalue weighted by Crippen LogP contribution is 2.22. The van der Waals surface area contributed by atoms with Gasteiger partial charge in [0.05, 0.1) is 7.11 Å². The van der Waals surface area contributed by atoms with Gasteiger partial charge in [-0.2, -0.15) is 0 Å². The maximum Gasteiger partial charge on any atom is 0.313 e. The van der Waals surface area contributed by atoms with E-state index in [0.29, 0.717) is 18.7 Å². The van der Waals surface area contributed by atoms with Gasteiger partial charge in [0, 0.05) is 31.0 Å². The molecule has 2 aromatic rings. The Hall–Kier alpha value is -3.02. The third-order valence-corrected chi connectivity index (χ3v) is 4.64. The molecule has 0 radical (unpaired) electrons. The molecule has 1 aliphatic rings. The SMILES string of the molecule is COc1cccc(CCNC(=O)C(=O)Nc2ccc(N3CCCC3)cc2)c1. The average molecular weight is 367 g/mol. The number of nitrogens with one attached hydrogen (secondary N) is 2. The number of hydrogen-bond acceptors (Lipinski definition) is 4. The first-order chi connectivity index (χ1) is 13.2. The van der Waals surface area contributed by atoms with Crippen LogP contribution in [0.5, 0.6) is 5.75 Å². The molecule has 0 spiro atoms. The number of ether oxygens (including phenoxy) is 1. The minimum Gasteiger partial charge on any atom is -0.497 e. The monoisotopic (exact) mass is 367 g/mol. The number of rotatable bonds is 6. The number of methoxy groups -OCH3 is 1. The quantitative estimate of drug-likeness (QED) is 0.770. The van der Waals surface area contributed by atoms with E-state index in [1.807, 2.05) is 48.5 Å².